The van der Waals surface area contributed by atoms with Crippen molar-refractivity contribution in [1.29, 1.82) is 0 Å². The fourth-order valence-electron chi connectivity index (χ4n) is 3.83. The monoisotopic (exact) mass is 471 g/mol. The van der Waals surface area contributed by atoms with E-state index in [-0.39, 0.29) is 6.04 Å². The number of rotatable bonds is 6. The van der Waals surface area contributed by atoms with E-state index in [0.29, 0.717) is 36.8 Å². The van der Waals surface area contributed by atoms with Crippen LogP contribution < -0.4 is 15.0 Å². The lowest BCUT2D eigenvalue weighted by atomic mass is 10.1. The molecule has 1 aliphatic rings. The lowest BCUT2D eigenvalue weighted by molar-refractivity contribution is -0.137. The van der Waals surface area contributed by atoms with Crippen molar-refractivity contribution in [3.05, 3.63) is 83.0 Å². The second-order valence-corrected chi connectivity index (χ2v) is 7.95. The number of anilines is 2. The molecule has 1 aliphatic heterocycles. The summed E-state index contributed by atoms with van der Waals surface area (Å²) in [4.78, 5) is 18.2. The number of alkyl halides is 3. The third kappa shape index (κ3) is 5.08. The number of ether oxygens (including phenoxy) is 2. The third-order valence-corrected chi connectivity index (χ3v) is 5.66. The molecule has 6 nitrogen and oxygen atoms in total. The smallest absolute Gasteiger partial charge is 0.416 e. The molecule has 1 atom stereocenters. The van der Waals surface area contributed by atoms with E-state index in [1.807, 2.05) is 24.0 Å². The Kier molecular flexibility index (Phi) is 6.63. The maximum Gasteiger partial charge on any atom is 0.416 e. The molecule has 34 heavy (non-hydrogen) atoms. The first-order chi connectivity index (χ1) is 16.3. The number of hydrogen-bond acceptors (Lipinski definition) is 6. The van der Waals surface area contributed by atoms with E-state index in [9.17, 15) is 18.0 Å². The van der Waals surface area contributed by atoms with Gasteiger partial charge in [-0.05, 0) is 42.3 Å². The van der Waals surface area contributed by atoms with Crippen LogP contribution in [0.4, 0.5) is 24.7 Å². The van der Waals surface area contributed by atoms with Gasteiger partial charge in [0.2, 0.25) is 0 Å². The van der Waals surface area contributed by atoms with E-state index >= 15 is 0 Å². The molecule has 178 valence electrons. The molecule has 2 aromatic carbocycles. The molecule has 0 saturated heterocycles. The van der Waals surface area contributed by atoms with E-state index < -0.39 is 17.7 Å². The van der Waals surface area contributed by atoms with Gasteiger partial charge in [-0.15, -0.1) is 0 Å². The summed E-state index contributed by atoms with van der Waals surface area (Å²) in [5.74, 6) is 0.861. The van der Waals surface area contributed by atoms with Gasteiger partial charge in [-0.3, -0.25) is 0 Å². The van der Waals surface area contributed by atoms with Gasteiger partial charge in [-0.1, -0.05) is 24.3 Å². The molecule has 0 spiro atoms. The highest BCUT2D eigenvalue weighted by atomic mass is 19.4. The minimum Gasteiger partial charge on any atom is -0.489 e. The van der Waals surface area contributed by atoms with Crippen LogP contribution in [0.1, 0.15) is 40.0 Å². The number of carbonyl (C=O) groups is 1. The lowest BCUT2D eigenvalue weighted by Crippen LogP contribution is -2.33. The number of aromatic nitrogens is 1. The van der Waals surface area contributed by atoms with Crippen LogP contribution in [0, 0.1) is 0 Å². The summed E-state index contributed by atoms with van der Waals surface area (Å²) >= 11 is 0. The minimum absolute atomic E-state index is 0.138. The molecule has 0 fully saturated rings. The van der Waals surface area contributed by atoms with Gasteiger partial charge in [0.1, 0.15) is 18.0 Å². The zero-order valence-corrected chi connectivity index (χ0v) is 18.7. The van der Waals surface area contributed by atoms with Gasteiger partial charge in [0, 0.05) is 18.8 Å². The number of nitrogens with zero attached hydrogens (tertiary/aromatic N) is 2. The highest BCUT2D eigenvalue weighted by molar-refractivity contribution is 5.89. The quantitative estimate of drug-likeness (QED) is 0.482. The standard InChI is InChI=1S/C25H24F3N3O3/c1-16(18-5-7-19(8-6-18)24(32)33-2)30-23-22-21(11-12-29-23)34-14-13-31(22)15-17-3-9-20(10-4-17)25(26,27)28/h3-12,16H,13-15H2,1-2H3,(H,29,30)/t16-/m1/s1. The van der Waals surface area contributed by atoms with Crippen LogP contribution in [0.25, 0.3) is 0 Å². The van der Waals surface area contributed by atoms with Crippen LogP contribution >= 0.6 is 0 Å². The molecule has 0 unspecified atom stereocenters. The van der Waals surface area contributed by atoms with Gasteiger partial charge in [0.15, 0.2) is 5.82 Å². The number of methoxy groups -OCH3 is 1. The van der Waals surface area contributed by atoms with E-state index in [1.54, 1.807) is 24.4 Å². The SMILES string of the molecule is COC(=O)c1ccc([C@@H](C)Nc2nccc3c2N(Cc2ccc(C(F)(F)F)cc2)CCO3)cc1. The number of esters is 1. The summed E-state index contributed by atoms with van der Waals surface area (Å²) in [7, 11) is 1.34. The lowest BCUT2D eigenvalue weighted by Gasteiger charge is -2.33. The fourth-order valence-corrected chi connectivity index (χ4v) is 3.83. The Morgan fingerprint density at radius 1 is 1.15 bits per heavy atom. The molecule has 1 aromatic heterocycles. The first-order valence-electron chi connectivity index (χ1n) is 10.7. The van der Waals surface area contributed by atoms with Crippen molar-refractivity contribution in [2.45, 2.75) is 25.7 Å². The van der Waals surface area contributed by atoms with Crippen LogP contribution in [0.15, 0.2) is 60.8 Å². The van der Waals surface area contributed by atoms with Crippen molar-refractivity contribution in [2.24, 2.45) is 0 Å². The summed E-state index contributed by atoms with van der Waals surface area (Å²) in [6, 6.07) is 13.9. The Labute approximate surface area is 195 Å². The number of pyridine rings is 1. The average molecular weight is 471 g/mol. The second-order valence-electron chi connectivity index (χ2n) is 7.95. The molecule has 0 bridgehead atoms. The molecule has 3 aromatic rings. The Balaban J connectivity index is 1.55. The van der Waals surface area contributed by atoms with Crippen molar-refractivity contribution < 1.29 is 27.4 Å². The minimum atomic E-state index is -4.36. The van der Waals surface area contributed by atoms with Crippen LogP contribution in [-0.4, -0.2) is 31.2 Å². The maximum absolute atomic E-state index is 12.9. The predicted molar refractivity (Wildman–Crippen MR) is 122 cm³/mol. The van der Waals surface area contributed by atoms with Crippen molar-refractivity contribution in [3.63, 3.8) is 0 Å². The Hall–Kier alpha value is -3.75. The molecule has 0 aliphatic carbocycles. The van der Waals surface area contributed by atoms with Crippen molar-refractivity contribution in [3.8, 4) is 5.75 Å². The number of halogens is 3. The van der Waals surface area contributed by atoms with Gasteiger partial charge in [0.05, 0.1) is 30.8 Å². The van der Waals surface area contributed by atoms with Gasteiger partial charge >= 0.3 is 12.1 Å². The predicted octanol–water partition coefficient (Wildman–Crippen LogP) is 5.46. The summed E-state index contributed by atoms with van der Waals surface area (Å²) in [5.41, 5.74) is 2.24. The van der Waals surface area contributed by atoms with E-state index in [0.717, 1.165) is 28.9 Å². The molecule has 0 radical (unpaired) electrons. The topological polar surface area (TPSA) is 63.7 Å². The normalized spacial score (nSPS) is 14.1. The largest absolute Gasteiger partial charge is 0.489 e. The number of fused-ring (bicyclic) bond motifs is 1. The Bertz CT molecular complexity index is 1150. The maximum atomic E-state index is 12.9. The molecule has 1 N–H and O–H groups in total. The summed E-state index contributed by atoms with van der Waals surface area (Å²) in [6.07, 6.45) is -2.72. The summed E-state index contributed by atoms with van der Waals surface area (Å²) in [6.45, 7) is 3.41. The van der Waals surface area contributed by atoms with E-state index in [2.05, 4.69) is 10.3 Å². The van der Waals surface area contributed by atoms with E-state index in [1.165, 1.54) is 19.2 Å². The number of carbonyl (C=O) groups excluding carboxylic acids is 1. The molecular formula is C25H24F3N3O3. The number of benzene rings is 2. The first kappa shape index (κ1) is 23.4. The number of nitrogens with one attached hydrogen (secondary N) is 1. The van der Waals surface area contributed by atoms with E-state index in [4.69, 9.17) is 9.47 Å². The van der Waals surface area contributed by atoms with Gasteiger partial charge in [-0.2, -0.15) is 13.2 Å². The van der Waals surface area contributed by atoms with Gasteiger partial charge in [-0.25, -0.2) is 9.78 Å². The molecule has 2 heterocycles. The molecular weight excluding hydrogens is 447 g/mol. The first-order valence-corrected chi connectivity index (χ1v) is 10.7. The van der Waals surface area contributed by atoms with Crippen LogP contribution in [-0.2, 0) is 17.5 Å². The zero-order valence-electron chi connectivity index (χ0n) is 18.7. The van der Waals surface area contributed by atoms with Crippen LogP contribution in [0.5, 0.6) is 5.75 Å². The van der Waals surface area contributed by atoms with Crippen molar-refractivity contribution in [2.75, 3.05) is 30.5 Å². The van der Waals surface area contributed by atoms with Gasteiger partial charge < -0.3 is 19.7 Å². The van der Waals surface area contributed by atoms with Crippen LogP contribution in [0.3, 0.4) is 0 Å². The third-order valence-electron chi connectivity index (χ3n) is 5.66. The zero-order chi connectivity index (χ0) is 24.3. The Morgan fingerprint density at radius 2 is 1.85 bits per heavy atom. The highest BCUT2D eigenvalue weighted by Crippen LogP contribution is 2.39. The summed E-state index contributed by atoms with van der Waals surface area (Å²) < 4.78 is 49.3. The fraction of sp³-hybridized carbons (Fsp3) is 0.280. The van der Waals surface area contributed by atoms with Crippen LogP contribution in [0.2, 0.25) is 0 Å². The van der Waals surface area contributed by atoms with Crippen molar-refractivity contribution in [1.82, 2.24) is 4.98 Å². The molecule has 9 heteroatoms. The Morgan fingerprint density at radius 3 is 2.50 bits per heavy atom. The number of hydrogen-bond donors (Lipinski definition) is 1. The highest BCUT2D eigenvalue weighted by Gasteiger charge is 2.30. The molecule has 4 rings (SSSR count). The van der Waals surface area contributed by atoms with Crippen molar-refractivity contribution >= 4 is 17.5 Å². The second kappa shape index (κ2) is 9.62. The van der Waals surface area contributed by atoms with Gasteiger partial charge in [0.25, 0.3) is 0 Å². The average Bonchev–Trinajstić information content (AvgIpc) is 2.83. The summed E-state index contributed by atoms with van der Waals surface area (Å²) in [5, 5.41) is 3.40. The molecule has 0 amide bonds. The molecule has 0 saturated carbocycles.